The van der Waals surface area contributed by atoms with E-state index < -0.39 is 0 Å². The highest BCUT2D eigenvalue weighted by Crippen LogP contribution is 2.25. The molecule has 2 rings (SSSR count). The zero-order valence-electron chi connectivity index (χ0n) is 9.86. The highest BCUT2D eigenvalue weighted by Gasteiger charge is 2.07. The topological polar surface area (TPSA) is 72.0 Å². The van der Waals surface area contributed by atoms with Crippen molar-refractivity contribution in [3.63, 3.8) is 0 Å². The van der Waals surface area contributed by atoms with Gasteiger partial charge in [0.2, 0.25) is 0 Å². The minimum absolute atomic E-state index is 0.0941. The third kappa shape index (κ3) is 3.59. The molecule has 0 amide bonds. The zero-order chi connectivity index (χ0) is 13.8. The highest BCUT2D eigenvalue weighted by molar-refractivity contribution is 6.34. The van der Waals surface area contributed by atoms with Gasteiger partial charge >= 0.3 is 0 Å². The van der Waals surface area contributed by atoms with Crippen molar-refractivity contribution >= 4 is 29.0 Å². The summed E-state index contributed by atoms with van der Waals surface area (Å²) in [5.41, 5.74) is 6.60. The highest BCUT2D eigenvalue weighted by atomic mass is 35.5. The van der Waals surface area contributed by atoms with Crippen LogP contribution >= 0.6 is 23.2 Å². The number of rotatable bonds is 4. The van der Waals surface area contributed by atoms with Crippen molar-refractivity contribution in [1.82, 2.24) is 4.98 Å². The molecule has 0 aliphatic carbocycles. The van der Waals surface area contributed by atoms with Crippen molar-refractivity contribution in [3.05, 3.63) is 57.8 Å². The largest absolute Gasteiger partial charge is 0.489 e. The molecule has 0 saturated heterocycles. The number of pyridine rings is 1. The second kappa shape index (κ2) is 5.91. The Balaban J connectivity index is 2.16. The summed E-state index contributed by atoms with van der Waals surface area (Å²) in [5.74, 6) is 0.458. The van der Waals surface area contributed by atoms with E-state index in [1.807, 2.05) is 0 Å². The fourth-order valence-corrected chi connectivity index (χ4v) is 2.08. The van der Waals surface area contributed by atoms with Crippen LogP contribution in [-0.4, -0.2) is 10.8 Å². The molecule has 0 aliphatic rings. The van der Waals surface area contributed by atoms with Crippen LogP contribution in [-0.2, 0) is 6.61 Å². The van der Waals surface area contributed by atoms with Crippen LogP contribution in [0.1, 0.15) is 11.3 Å². The molecular weight excluding hydrogens is 285 g/mol. The lowest BCUT2D eigenvalue weighted by Gasteiger charge is -2.09. The fourth-order valence-electron chi connectivity index (χ4n) is 1.57. The van der Waals surface area contributed by atoms with Crippen molar-refractivity contribution in [2.24, 2.45) is 5.73 Å². The number of amidine groups is 1. The van der Waals surface area contributed by atoms with Gasteiger partial charge < -0.3 is 10.5 Å². The number of benzene rings is 1. The minimum Gasteiger partial charge on any atom is -0.489 e. The summed E-state index contributed by atoms with van der Waals surface area (Å²) in [6.45, 7) is 0.236. The normalized spacial score (nSPS) is 10.2. The van der Waals surface area contributed by atoms with Gasteiger partial charge in [-0.2, -0.15) is 0 Å². The number of nitrogens with two attached hydrogens (primary N) is 1. The lowest BCUT2D eigenvalue weighted by Crippen LogP contribution is -2.16. The standard InChI is InChI=1S/C13H11Cl2N3O/c14-9-4-10(15)6-11(5-9)19-7-8-2-1-3-18-12(8)13(16)17/h1-6H,7H2,(H3,16,17). The predicted molar refractivity (Wildman–Crippen MR) is 76.0 cm³/mol. The second-order valence-electron chi connectivity index (χ2n) is 3.82. The number of hydrogen-bond acceptors (Lipinski definition) is 3. The van der Waals surface area contributed by atoms with E-state index in [0.717, 1.165) is 5.56 Å². The molecule has 0 aliphatic heterocycles. The summed E-state index contributed by atoms with van der Waals surface area (Å²) in [6, 6.07) is 8.52. The number of nitrogens with one attached hydrogen (secondary N) is 1. The molecular formula is C13H11Cl2N3O. The van der Waals surface area contributed by atoms with Crippen LogP contribution in [0.25, 0.3) is 0 Å². The molecule has 0 radical (unpaired) electrons. The second-order valence-corrected chi connectivity index (χ2v) is 4.69. The first-order valence-corrected chi connectivity index (χ1v) is 6.19. The van der Waals surface area contributed by atoms with Crippen LogP contribution in [0.4, 0.5) is 0 Å². The van der Waals surface area contributed by atoms with E-state index in [-0.39, 0.29) is 12.4 Å². The van der Waals surface area contributed by atoms with Crippen LogP contribution in [0, 0.1) is 5.41 Å². The van der Waals surface area contributed by atoms with Gasteiger partial charge in [0, 0.05) is 21.8 Å². The minimum atomic E-state index is -0.0941. The number of aromatic nitrogens is 1. The average Bonchev–Trinajstić information content (AvgIpc) is 2.35. The van der Waals surface area contributed by atoms with Crippen molar-refractivity contribution in [2.45, 2.75) is 6.61 Å². The molecule has 1 aromatic carbocycles. The molecule has 0 spiro atoms. The number of nitrogens with zero attached hydrogens (tertiary/aromatic N) is 1. The third-order valence-corrected chi connectivity index (χ3v) is 2.81. The summed E-state index contributed by atoms with van der Waals surface area (Å²) < 4.78 is 5.58. The molecule has 1 aromatic heterocycles. The van der Waals surface area contributed by atoms with Gasteiger partial charge in [-0.1, -0.05) is 29.3 Å². The van der Waals surface area contributed by atoms with Gasteiger partial charge in [0.25, 0.3) is 0 Å². The number of nitrogen functional groups attached to an aromatic ring is 1. The van der Waals surface area contributed by atoms with Gasteiger partial charge in [0.05, 0.1) is 0 Å². The summed E-state index contributed by atoms with van der Waals surface area (Å²) in [5, 5.41) is 8.45. The van der Waals surface area contributed by atoms with Gasteiger partial charge in [0.15, 0.2) is 0 Å². The van der Waals surface area contributed by atoms with Gasteiger partial charge in [0.1, 0.15) is 23.9 Å². The average molecular weight is 296 g/mol. The molecule has 4 nitrogen and oxygen atoms in total. The third-order valence-electron chi connectivity index (χ3n) is 2.38. The van der Waals surface area contributed by atoms with E-state index in [0.29, 0.717) is 21.5 Å². The maximum Gasteiger partial charge on any atom is 0.142 e. The van der Waals surface area contributed by atoms with E-state index >= 15 is 0 Å². The summed E-state index contributed by atoms with van der Waals surface area (Å²) in [7, 11) is 0. The molecule has 1 heterocycles. The number of halogens is 2. The van der Waals surface area contributed by atoms with Gasteiger partial charge in [-0.05, 0) is 24.3 Å². The van der Waals surface area contributed by atoms with Gasteiger partial charge in [-0.25, -0.2) is 0 Å². The van der Waals surface area contributed by atoms with Crippen LogP contribution in [0.3, 0.4) is 0 Å². The van der Waals surface area contributed by atoms with Crippen LogP contribution in [0.5, 0.6) is 5.75 Å². The Morgan fingerprint density at radius 1 is 1.26 bits per heavy atom. The molecule has 0 saturated carbocycles. The van der Waals surface area contributed by atoms with E-state index in [1.165, 1.54) is 0 Å². The molecule has 6 heteroatoms. The smallest absolute Gasteiger partial charge is 0.142 e. The first kappa shape index (κ1) is 13.6. The van der Waals surface area contributed by atoms with Crippen molar-refractivity contribution in [1.29, 1.82) is 5.41 Å². The van der Waals surface area contributed by atoms with Crippen LogP contribution < -0.4 is 10.5 Å². The summed E-state index contributed by atoms with van der Waals surface area (Å²) >= 11 is 11.8. The molecule has 3 N–H and O–H groups in total. The first-order valence-electron chi connectivity index (χ1n) is 5.43. The van der Waals surface area contributed by atoms with E-state index in [1.54, 1.807) is 36.5 Å². The fraction of sp³-hybridized carbons (Fsp3) is 0.0769. The number of hydrogen-bond donors (Lipinski definition) is 2. The zero-order valence-corrected chi connectivity index (χ0v) is 11.4. The molecule has 0 bridgehead atoms. The molecule has 0 unspecified atom stereocenters. The molecule has 2 aromatic rings. The quantitative estimate of drug-likeness (QED) is 0.672. The molecule has 19 heavy (non-hydrogen) atoms. The van der Waals surface area contributed by atoms with Crippen molar-refractivity contribution in [3.8, 4) is 5.75 Å². The van der Waals surface area contributed by atoms with Crippen LogP contribution in [0.15, 0.2) is 36.5 Å². The van der Waals surface area contributed by atoms with Crippen molar-refractivity contribution < 1.29 is 4.74 Å². The summed E-state index contributed by atoms with van der Waals surface area (Å²) in [6.07, 6.45) is 1.58. The maximum atomic E-state index is 7.45. The Kier molecular flexibility index (Phi) is 4.24. The Bertz CT molecular complexity index is 596. The van der Waals surface area contributed by atoms with E-state index in [9.17, 15) is 0 Å². The van der Waals surface area contributed by atoms with Gasteiger partial charge in [-0.3, -0.25) is 10.4 Å². The Morgan fingerprint density at radius 3 is 2.58 bits per heavy atom. The first-order chi connectivity index (χ1) is 9.06. The van der Waals surface area contributed by atoms with E-state index in [2.05, 4.69) is 4.98 Å². The van der Waals surface area contributed by atoms with E-state index in [4.69, 9.17) is 39.1 Å². The van der Waals surface area contributed by atoms with Crippen LogP contribution in [0.2, 0.25) is 10.0 Å². The molecule has 98 valence electrons. The maximum absolute atomic E-state index is 7.45. The Labute approximate surface area is 120 Å². The van der Waals surface area contributed by atoms with Gasteiger partial charge in [-0.15, -0.1) is 0 Å². The Hall–Kier alpha value is -1.78. The van der Waals surface area contributed by atoms with Crippen molar-refractivity contribution in [2.75, 3.05) is 0 Å². The SMILES string of the molecule is N=C(N)c1ncccc1COc1cc(Cl)cc(Cl)c1. The predicted octanol–water partition coefficient (Wildman–Crippen LogP) is 3.25. The monoisotopic (exact) mass is 295 g/mol. The lowest BCUT2D eigenvalue weighted by atomic mass is 10.2. The Morgan fingerprint density at radius 2 is 1.95 bits per heavy atom. The summed E-state index contributed by atoms with van der Waals surface area (Å²) in [4.78, 5) is 4.04. The lowest BCUT2D eigenvalue weighted by molar-refractivity contribution is 0.305. The molecule has 0 atom stereocenters. The number of ether oxygens (including phenoxy) is 1. The molecule has 0 fully saturated rings.